The van der Waals surface area contributed by atoms with E-state index in [1.165, 1.54) is 17.0 Å². The van der Waals surface area contributed by atoms with Crippen molar-refractivity contribution in [3.63, 3.8) is 0 Å². The maximum absolute atomic E-state index is 13.0. The van der Waals surface area contributed by atoms with E-state index < -0.39 is 0 Å². The highest BCUT2D eigenvalue weighted by Crippen LogP contribution is 2.41. The van der Waals surface area contributed by atoms with Gasteiger partial charge in [0.1, 0.15) is 5.82 Å². The van der Waals surface area contributed by atoms with Gasteiger partial charge in [-0.25, -0.2) is 9.18 Å². The van der Waals surface area contributed by atoms with Crippen LogP contribution in [0.2, 0.25) is 0 Å². The van der Waals surface area contributed by atoms with Crippen LogP contribution in [0.15, 0.2) is 53.0 Å². The van der Waals surface area contributed by atoms with E-state index in [2.05, 4.69) is 21.2 Å². The lowest BCUT2D eigenvalue weighted by Gasteiger charge is -2.44. The molecule has 0 heterocycles. The number of carbonyl (C=O) groups excluding carboxylic acids is 1. The van der Waals surface area contributed by atoms with Gasteiger partial charge in [-0.3, -0.25) is 4.90 Å². The highest BCUT2D eigenvalue weighted by molar-refractivity contribution is 9.10. The number of nitrogens with one attached hydrogen (secondary N) is 1. The van der Waals surface area contributed by atoms with Gasteiger partial charge in [-0.2, -0.15) is 0 Å². The zero-order valence-electron chi connectivity index (χ0n) is 12.9. The van der Waals surface area contributed by atoms with Gasteiger partial charge in [0.05, 0.1) is 5.54 Å². The second kappa shape index (κ2) is 6.32. The largest absolute Gasteiger partial charge is 0.328 e. The van der Waals surface area contributed by atoms with Crippen molar-refractivity contribution in [2.75, 3.05) is 11.9 Å². The number of urea groups is 1. The quantitative estimate of drug-likeness (QED) is 0.818. The van der Waals surface area contributed by atoms with Crippen LogP contribution in [0.5, 0.6) is 0 Å². The van der Waals surface area contributed by atoms with Crippen molar-refractivity contribution in [1.29, 1.82) is 0 Å². The SMILES string of the molecule is CN(C(=O)NC1(c2ccc(Br)cc2)CCC1)c1ccc(F)cc1. The molecular formula is C18H18BrFN2O. The molecule has 3 rings (SSSR count). The molecule has 1 fully saturated rings. The van der Waals surface area contributed by atoms with Gasteiger partial charge in [0.2, 0.25) is 0 Å². The Morgan fingerprint density at radius 3 is 2.26 bits per heavy atom. The van der Waals surface area contributed by atoms with Crippen molar-refractivity contribution in [2.45, 2.75) is 24.8 Å². The number of anilines is 1. The zero-order chi connectivity index (χ0) is 16.4. The Morgan fingerprint density at radius 1 is 1.13 bits per heavy atom. The average molecular weight is 377 g/mol. The number of carbonyl (C=O) groups is 1. The summed E-state index contributed by atoms with van der Waals surface area (Å²) in [6.45, 7) is 0. The highest BCUT2D eigenvalue weighted by atomic mass is 79.9. The monoisotopic (exact) mass is 376 g/mol. The molecule has 5 heteroatoms. The highest BCUT2D eigenvalue weighted by Gasteiger charge is 2.40. The first-order chi connectivity index (χ1) is 11.0. The van der Waals surface area contributed by atoms with Crippen LogP contribution in [0, 0.1) is 5.82 Å². The van der Waals surface area contributed by atoms with Gasteiger partial charge >= 0.3 is 6.03 Å². The van der Waals surface area contributed by atoms with Gasteiger partial charge in [-0.1, -0.05) is 28.1 Å². The topological polar surface area (TPSA) is 32.3 Å². The molecule has 0 spiro atoms. The molecule has 0 aliphatic heterocycles. The Morgan fingerprint density at radius 2 is 1.74 bits per heavy atom. The average Bonchev–Trinajstić information content (AvgIpc) is 2.52. The van der Waals surface area contributed by atoms with E-state index in [0.29, 0.717) is 5.69 Å². The van der Waals surface area contributed by atoms with Gasteiger partial charge in [0.15, 0.2) is 0 Å². The van der Waals surface area contributed by atoms with Crippen molar-refractivity contribution >= 4 is 27.6 Å². The van der Waals surface area contributed by atoms with Gasteiger partial charge in [0.25, 0.3) is 0 Å². The summed E-state index contributed by atoms with van der Waals surface area (Å²) in [5, 5.41) is 3.16. The lowest BCUT2D eigenvalue weighted by molar-refractivity contribution is 0.182. The van der Waals surface area contributed by atoms with Crippen molar-refractivity contribution in [3.8, 4) is 0 Å². The third-order valence-corrected chi connectivity index (χ3v) is 5.00. The van der Waals surface area contributed by atoms with Crippen LogP contribution < -0.4 is 10.2 Å². The molecule has 0 aromatic heterocycles. The van der Waals surface area contributed by atoms with Crippen LogP contribution in [0.4, 0.5) is 14.9 Å². The van der Waals surface area contributed by atoms with Crippen LogP contribution >= 0.6 is 15.9 Å². The van der Waals surface area contributed by atoms with E-state index in [1.807, 2.05) is 24.3 Å². The fraction of sp³-hybridized carbons (Fsp3) is 0.278. The number of hydrogen-bond acceptors (Lipinski definition) is 1. The van der Waals surface area contributed by atoms with E-state index in [-0.39, 0.29) is 17.4 Å². The van der Waals surface area contributed by atoms with Crippen molar-refractivity contribution in [2.24, 2.45) is 0 Å². The van der Waals surface area contributed by atoms with Crippen molar-refractivity contribution in [1.82, 2.24) is 5.32 Å². The summed E-state index contributed by atoms with van der Waals surface area (Å²) in [7, 11) is 1.69. The van der Waals surface area contributed by atoms with Crippen LogP contribution in [-0.2, 0) is 5.54 Å². The number of hydrogen-bond donors (Lipinski definition) is 1. The van der Waals surface area contributed by atoms with E-state index >= 15 is 0 Å². The van der Waals surface area contributed by atoms with E-state index in [1.54, 1.807) is 19.2 Å². The lowest BCUT2D eigenvalue weighted by Crippen LogP contribution is -2.54. The molecule has 0 saturated heterocycles. The summed E-state index contributed by atoms with van der Waals surface area (Å²) in [6.07, 6.45) is 2.95. The Labute approximate surface area is 143 Å². The van der Waals surface area contributed by atoms with Crippen LogP contribution in [0.3, 0.4) is 0 Å². The summed E-state index contributed by atoms with van der Waals surface area (Å²) >= 11 is 3.44. The summed E-state index contributed by atoms with van der Waals surface area (Å²) in [5.41, 5.74) is 1.48. The summed E-state index contributed by atoms with van der Waals surface area (Å²) in [5.74, 6) is -0.312. The normalized spacial score (nSPS) is 15.6. The molecule has 2 aromatic rings. The Bertz CT molecular complexity index is 696. The fourth-order valence-corrected chi connectivity index (χ4v) is 3.12. The molecule has 1 saturated carbocycles. The molecule has 0 radical (unpaired) electrons. The van der Waals surface area contributed by atoms with Crippen LogP contribution in [0.25, 0.3) is 0 Å². The Hall–Kier alpha value is -1.88. The molecule has 2 amide bonds. The summed E-state index contributed by atoms with van der Waals surface area (Å²) in [6, 6.07) is 13.8. The number of nitrogens with zero attached hydrogens (tertiary/aromatic N) is 1. The second-order valence-corrected chi connectivity index (χ2v) is 6.82. The minimum atomic E-state index is -0.312. The minimum Gasteiger partial charge on any atom is -0.328 e. The molecule has 3 nitrogen and oxygen atoms in total. The molecule has 120 valence electrons. The first kappa shape index (κ1) is 16.0. The van der Waals surface area contributed by atoms with Crippen LogP contribution in [-0.4, -0.2) is 13.1 Å². The maximum atomic E-state index is 13.0. The minimum absolute atomic E-state index is 0.181. The molecule has 1 N–H and O–H groups in total. The fourth-order valence-electron chi connectivity index (χ4n) is 2.86. The van der Waals surface area contributed by atoms with Crippen LogP contribution in [0.1, 0.15) is 24.8 Å². The number of benzene rings is 2. The first-order valence-electron chi connectivity index (χ1n) is 7.58. The Kier molecular flexibility index (Phi) is 4.39. The number of halogens is 2. The predicted molar refractivity (Wildman–Crippen MR) is 93.0 cm³/mol. The van der Waals surface area contributed by atoms with E-state index in [0.717, 1.165) is 29.3 Å². The van der Waals surface area contributed by atoms with E-state index in [4.69, 9.17) is 0 Å². The van der Waals surface area contributed by atoms with Crippen molar-refractivity contribution < 1.29 is 9.18 Å². The van der Waals surface area contributed by atoms with E-state index in [9.17, 15) is 9.18 Å². The summed E-state index contributed by atoms with van der Waals surface area (Å²) in [4.78, 5) is 14.1. The first-order valence-corrected chi connectivity index (χ1v) is 8.37. The smallest absolute Gasteiger partial charge is 0.322 e. The molecule has 0 unspecified atom stereocenters. The molecular weight excluding hydrogens is 359 g/mol. The third kappa shape index (κ3) is 3.24. The number of amides is 2. The molecule has 0 atom stereocenters. The molecule has 0 bridgehead atoms. The summed E-state index contributed by atoms with van der Waals surface area (Å²) < 4.78 is 14.0. The zero-order valence-corrected chi connectivity index (χ0v) is 14.4. The molecule has 1 aliphatic rings. The standard InChI is InChI=1S/C18H18BrFN2O/c1-22(16-9-7-15(20)8-10-16)17(23)21-18(11-2-12-18)13-3-5-14(19)6-4-13/h3-10H,2,11-12H2,1H3,(H,21,23). The maximum Gasteiger partial charge on any atom is 0.322 e. The molecule has 23 heavy (non-hydrogen) atoms. The van der Waals surface area contributed by atoms with Gasteiger partial charge in [-0.05, 0) is 61.2 Å². The second-order valence-electron chi connectivity index (χ2n) is 5.91. The molecule has 2 aromatic carbocycles. The molecule has 1 aliphatic carbocycles. The van der Waals surface area contributed by atoms with Gasteiger partial charge in [-0.15, -0.1) is 0 Å². The predicted octanol–water partition coefficient (Wildman–Crippen LogP) is 4.81. The number of rotatable bonds is 3. The van der Waals surface area contributed by atoms with Gasteiger partial charge in [0, 0.05) is 17.2 Å². The third-order valence-electron chi connectivity index (χ3n) is 4.47. The lowest BCUT2D eigenvalue weighted by atomic mass is 9.72. The Balaban J connectivity index is 1.77. The van der Waals surface area contributed by atoms with Gasteiger partial charge < -0.3 is 5.32 Å². The van der Waals surface area contributed by atoms with Crippen molar-refractivity contribution in [3.05, 3.63) is 64.4 Å².